The Balaban J connectivity index is 1.90. The first kappa shape index (κ1) is 21.6. The van der Waals surface area contributed by atoms with Crippen molar-refractivity contribution in [3.8, 4) is 5.69 Å². The lowest BCUT2D eigenvalue weighted by molar-refractivity contribution is 0.0646. The van der Waals surface area contributed by atoms with E-state index >= 15 is 0 Å². The van der Waals surface area contributed by atoms with Crippen LogP contribution in [0.15, 0.2) is 60.8 Å². The Morgan fingerprint density at radius 2 is 1.81 bits per heavy atom. The van der Waals surface area contributed by atoms with Crippen LogP contribution in [0.25, 0.3) is 16.7 Å². The van der Waals surface area contributed by atoms with Gasteiger partial charge >= 0.3 is 0 Å². The van der Waals surface area contributed by atoms with Crippen molar-refractivity contribution in [2.75, 3.05) is 5.32 Å². The van der Waals surface area contributed by atoms with Crippen molar-refractivity contribution in [2.24, 2.45) is 0 Å². The molecule has 8 heteroatoms. The quantitative estimate of drug-likeness (QED) is 0.435. The number of anilines is 1. The number of aliphatic hydroxyl groups is 1. The summed E-state index contributed by atoms with van der Waals surface area (Å²) < 4.78 is 29.5. The van der Waals surface area contributed by atoms with Gasteiger partial charge in [-0.1, -0.05) is 12.1 Å². The normalized spacial score (nSPS) is 12.7. The average molecular weight is 436 g/mol. The fourth-order valence-corrected chi connectivity index (χ4v) is 3.22. The molecule has 164 valence electrons. The van der Waals surface area contributed by atoms with Crippen LogP contribution in [0.5, 0.6) is 0 Å². The second-order valence-corrected chi connectivity index (χ2v) is 8.14. The Morgan fingerprint density at radius 1 is 1.12 bits per heavy atom. The van der Waals surface area contributed by atoms with Gasteiger partial charge in [0.1, 0.15) is 11.6 Å². The van der Waals surface area contributed by atoms with Gasteiger partial charge in [-0.25, -0.2) is 13.8 Å². The van der Waals surface area contributed by atoms with Crippen LogP contribution >= 0.6 is 0 Å². The lowest BCUT2D eigenvalue weighted by Gasteiger charge is -2.26. The Hall–Kier alpha value is -3.65. The zero-order valence-corrected chi connectivity index (χ0v) is 17.8. The molecule has 0 aliphatic rings. The zero-order valence-electron chi connectivity index (χ0n) is 17.8. The number of hydrogen-bond donors (Lipinski definition) is 2. The molecule has 0 aliphatic heterocycles. The number of carbonyl (C=O) groups excluding carboxylic acids is 1. The SMILES string of the molecule is C[C@H](Nc1ncc2cc(C(=O)c3ccc(F)cc3)n(-c3ccccc3F)c2n1)C(C)(C)O. The summed E-state index contributed by atoms with van der Waals surface area (Å²) in [6, 6.07) is 12.4. The molecule has 2 heterocycles. The van der Waals surface area contributed by atoms with Gasteiger partial charge in [0.25, 0.3) is 0 Å². The fourth-order valence-electron chi connectivity index (χ4n) is 3.22. The molecule has 2 N–H and O–H groups in total. The van der Waals surface area contributed by atoms with Crippen LogP contribution in [0.3, 0.4) is 0 Å². The molecule has 0 aliphatic carbocycles. The molecule has 2 aromatic heterocycles. The van der Waals surface area contributed by atoms with E-state index in [2.05, 4.69) is 15.3 Å². The highest BCUT2D eigenvalue weighted by atomic mass is 19.1. The van der Waals surface area contributed by atoms with E-state index < -0.39 is 23.0 Å². The number of para-hydroxylation sites is 1. The Labute approximate surface area is 183 Å². The van der Waals surface area contributed by atoms with Crippen LogP contribution < -0.4 is 5.32 Å². The third-order valence-corrected chi connectivity index (χ3v) is 5.38. The van der Waals surface area contributed by atoms with Crippen molar-refractivity contribution in [3.63, 3.8) is 0 Å². The third-order valence-electron chi connectivity index (χ3n) is 5.38. The van der Waals surface area contributed by atoms with Crippen molar-refractivity contribution >= 4 is 22.8 Å². The van der Waals surface area contributed by atoms with Gasteiger partial charge in [0.2, 0.25) is 11.7 Å². The van der Waals surface area contributed by atoms with Gasteiger partial charge in [-0.2, -0.15) is 4.98 Å². The van der Waals surface area contributed by atoms with Gasteiger partial charge < -0.3 is 10.4 Å². The number of benzene rings is 2. The van der Waals surface area contributed by atoms with Crippen LogP contribution in [-0.4, -0.2) is 37.1 Å². The summed E-state index contributed by atoms with van der Waals surface area (Å²) in [5.74, 6) is -1.18. The topological polar surface area (TPSA) is 80.0 Å². The molecule has 0 unspecified atom stereocenters. The van der Waals surface area contributed by atoms with Crippen LogP contribution in [-0.2, 0) is 0 Å². The van der Waals surface area contributed by atoms with Gasteiger partial charge in [0.15, 0.2) is 5.65 Å². The summed E-state index contributed by atoms with van der Waals surface area (Å²) >= 11 is 0. The minimum atomic E-state index is -1.03. The van der Waals surface area contributed by atoms with Crippen LogP contribution in [0, 0.1) is 11.6 Å². The minimum absolute atomic E-state index is 0.146. The maximum atomic E-state index is 14.8. The van der Waals surface area contributed by atoms with E-state index in [-0.39, 0.29) is 28.9 Å². The van der Waals surface area contributed by atoms with E-state index in [4.69, 9.17) is 0 Å². The summed E-state index contributed by atoms with van der Waals surface area (Å²) in [5.41, 5.74) is -0.142. The summed E-state index contributed by atoms with van der Waals surface area (Å²) in [5, 5.41) is 13.8. The van der Waals surface area contributed by atoms with Crippen LogP contribution in [0.2, 0.25) is 0 Å². The van der Waals surface area contributed by atoms with E-state index in [1.807, 2.05) is 0 Å². The summed E-state index contributed by atoms with van der Waals surface area (Å²) in [6.07, 6.45) is 1.53. The number of halogens is 2. The molecule has 32 heavy (non-hydrogen) atoms. The van der Waals surface area contributed by atoms with Crippen molar-refractivity contribution in [1.82, 2.24) is 14.5 Å². The molecular weight excluding hydrogens is 414 g/mol. The predicted molar refractivity (Wildman–Crippen MR) is 118 cm³/mol. The molecule has 0 spiro atoms. The number of ketones is 1. The average Bonchev–Trinajstić information content (AvgIpc) is 3.12. The molecule has 0 fully saturated rings. The molecule has 0 amide bonds. The number of rotatable bonds is 6. The second kappa shape index (κ2) is 8.12. The first-order chi connectivity index (χ1) is 15.1. The third kappa shape index (κ3) is 4.09. The van der Waals surface area contributed by atoms with E-state index in [0.29, 0.717) is 11.0 Å². The zero-order chi connectivity index (χ0) is 23.0. The molecule has 0 bridgehead atoms. The van der Waals surface area contributed by atoms with Crippen molar-refractivity contribution in [3.05, 3.63) is 83.7 Å². The van der Waals surface area contributed by atoms with E-state index in [0.717, 1.165) is 0 Å². The number of nitrogens with one attached hydrogen (secondary N) is 1. The summed E-state index contributed by atoms with van der Waals surface area (Å²) in [4.78, 5) is 22.0. The maximum Gasteiger partial charge on any atom is 0.224 e. The van der Waals surface area contributed by atoms with Crippen molar-refractivity contribution in [2.45, 2.75) is 32.4 Å². The molecule has 0 saturated carbocycles. The molecule has 1 atom stereocenters. The van der Waals surface area contributed by atoms with E-state index in [1.54, 1.807) is 45.0 Å². The standard InChI is InChI=1S/C24H22F2N4O2/c1-14(24(2,3)32)28-23-27-13-16-12-20(21(31)15-8-10-17(25)11-9-15)30(22(16)29-23)19-7-5-4-6-18(19)26/h4-14,32H,1-3H3,(H,27,28,29)/t14-/m0/s1. The summed E-state index contributed by atoms with van der Waals surface area (Å²) in [7, 11) is 0. The van der Waals surface area contributed by atoms with Gasteiger partial charge in [-0.15, -0.1) is 0 Å². The highest BCUT2D eigenvalue weighted by molar-refractivity contribution is 6.10. The van der Waals surface area contributed by atoms with Crippen molar-refractivity contribution < 1.29 is 18.7 Å². The highest BCUT2D eigenvalue weighted by Gasteiger charge is 2.25. The van der Waals surface area contributed by atoms with Gasteiger partial charge in [0, 0.05) is 17.1 Å². The Morgan fingerprint density at radius 3 is 2.47 bits per heavy atom. The number of carbonyl (C=O) groups is 1. The van der Waals surface area contributed by atoms with Crippen molar-refractivity contribution in [1.29, 1.82) is 0 Å². The van der Waals surface area contributed by atoms with Gasteiger partial charge in [-0.3, -0.25) is 9.36 Å². The highest BCUT2D eigenvalue weighted by Crippen LogP contribution is 2.27. The molecule has 4 aromatic rings. The molecule has 6 nitrogen and oxygen atoms in total. The van der Waals surface area contributed by atoms with Gasteiger partial charge in [-0.05, 0) is 63.2 Å². The monoisotopic (exact) mass is 436 g/mol. The lowest BCUT2D eigenvalue weighted by Crippen LogP contribution is -2.39. The molecule has 4 rings (SSSR count). The Kier molecular flexibility index (Phi) is 5.48. The second-order valence-electron chi connectivity index (χ2n) is 8.14. The molecule has 0 saturated heterocycles. The first-order valence-corrected chi connectivity index (χ1v) is 10.1. The van der Waals surface area contributed by atoms with E-state index in [9.17, 15) is 18.7 Å². The van der Waals surface area contributed by atoms with Gasteiger partial charge in [0.05, 0.1) is 23.0 Å². The molecule has 0 radical (unpaired) electrons. The Bertz CT molecular complexity index is 1290. The number of hydrogen-bond acceptors (Lipinski definition) is 5. The number of aromatic nitrogens is 3. The summed E-state index contributed by atoms with van der Waals surface area (Å²) in [6.45, 7) is 5.10. The minimum Gasteiger partial charge on any atom is -0.388 e. The fraction of sp³-hybridized carbons (Fsp3) is 0.208. The largest absolute Gasteiger partial charge is 0.388 e. The van der Waals surface area contributed by atoms with E-state index in [1.165, 1.54) is 41.1 Å². The number of nitrogens with zero attached hydrogens (tertiary/aromatic N) is 3. The van der Waals surface area contributed by atoms with Crippen LogP contribution in [0.1, 0.15) is 36.8 Å². The lowest BCUT2D eigenvalue weighted by atomic mass is 10.0. The number of fused-ring (bicyclic) bond motifs is 1. The maximum absolute atomic E-state index is 14.8. The van der Waals surface area contributed by atoms with Crippen LogP contribution in [0.4, 0.5) is 14.7 Å². The first-order valence-electron chi connectivity index (χ1n) is 10.1. The molecular formula is C24H22F2N4O2. The molecule has 2 aromatic carbocycles. The smallest absolute Gasteiger partial charge is 0.224 e. The predicted octanol–water partition coefficient (Wildman–Crippen LogP) is 4.50.